The third kappa shape index (κ3) is 2.02. The molecule has 0 spiro atoms. The highest BCUT2D eigenvalue weighted by Crippen LogP contribution is 2.27. The molecule has 4 heteroatoms. The zero-order chi connectivity index (χ0) is 14.9. The molecule has 2 N–H and O–H groups in total. The van der Waals surface area contributed by atoms with Gasteiger partial charge in [-0.1, -0.05) is 60.7 Å². The van der Waals surface area contributed by atoms with Crippen molar-refractivity contribution in [1.82, 2.24) is 14.6 Å². The summed E-state index contributed by atoms with van der Waals surface area (Å²) >= 11 is 0. The smallest absolute Gasteiger partial charge is 0.179 e. The number of rotatable bonds is 2. The van der Waals surface area contributed by atoms with E-state index in [9.17, 15) is 0 Å². The van der Waals surface area contributed by atoms with Crippen LogP contribution >= 0.6 is 0 Å². The minimum atomic E-state index is 0.579. The van der Waals surface area contributed by atoms with Gasteiger partial charge in [-0.25, -0.2) is 9.50 Å². The van der Waals surface area contributed by atoms with Gasteiger partial charge in [0.25, 0.3) is 0 Å². The van der Waals surface area contributed by atoms with Gasteiger partial charge >= 0.3 is 0 Å². The van der Waals surface area contributed by atoms with Crippen LogP contribution in [-0.4, -0.2) is 14.6 Å². The maximum atomic E-state index is 6.02. The first-order chi connectivity index (χ1) is 10.8. The third-order valence-electron chi connectivity index (χ3n) is 3.64. The molecule has 0 amide bonds. The lowest BCUT2D eigenvalue weighted by atomic mass is 10.1. The van der Waals surface area contributed by atoms with E-state index in [-0.39, 0.29) is 0 Å². The molecule has 0 bridgehead atoms. The van der Waals surface area contributed by atoms with Crippen LogP contribution in [0.15, 0.2) is 72.9 Å². The van der Waals surface area contributed by atoms with Crippen LogP contribution < -0.4 is 5.73 Å². The van der Waals surface area contributed by atoms with Gasteiger partial charge in [0.2, 0.25) is 0 Å². The number of benzene rings is 2. The molecule has 0 fully saturated rings. The largest absolute Gasteiger partial charge is 0.394 e. The SMILES string of the molecule is Nc1cnn2c(-c3ccccc3)cc(-c3ccccc3)nc12. The Hall–Kier alpha value is -3.14. The summed E-state index contributed by atoms with van der Waals surface area (Å²) in [6.45, 7) is 0. The van der Waals surface area contributed by atoms with Gasteiger partial charge in [0.05, 0.1) is 23.3 Å². The molecule has 2 aromatic carbocycles. The van der Waals surface area contributed by atoms with E-state index < -0.39 is 0 Å². The Morgan fingerprint density at radius 2 is 1.45 bits per heavy atom. The average molecular weight is 286 g/mol. The van der Waals surface area contributed by atoms with Gasteiger partial charge in [-0.3, -0.25) is 0 Å². The zero-order valence-corrected chi connectivity index (χ0v) is 11.8. The highest BCUT2D eigenvalue weighted by molar-refractivity contribution is 5.75. The Kier molecular flexibility index (Phi) is 2.86. The molecule has 4 nitrogen and oxygen atoms in total. The molecule has 4 rings (SSSR count). The predicted molar refractivity (Wildman–Crippen MR) is 88.3 cm³/mol. The van der Waals surface area contributed by atoms with Crippen LogP contribution in [0.5, 0.6) is 0 Å². The van der Waals surface area contributed by atoms with E-state index in [1.165, 1.54) is 0 Å². The third-order valence-corrected chi connectivity index (χ3v) is 3.64. The molecule has 22 heavy (non-hydrogen) atoms. The van der Waals surface area contributed by atoms with E-state index in [1.54, 1.807) is 10.7 Å². The van der Waals surface area contributed by atoms with E-state index in [0.717, 1.165) is 22.5 Å². The van der Waals surface area contributed by atoms with Crippen molar-refractivity contribution in [3.05, 3.63) is 72.9 Å². The van der Waals surface area contributed by atoms with Gasteiger partial charge in [-0.2, -0.15) is 5.10 Å². The summed E-state index contributed by atoms with van der Waals surface area (Å²) in [5, 5.41) is 4.36. The van der Waals surface area contributed by atoms with Crippen molar-refractivity contribution in [2.45, 2.75) is 0 Å². The molecule has 0 aliphatic heterocycles. The number of nitrogens with zero attached hydrogens (tertiary/aromatic N) is 3. The van der Waals surface area contributed by atoms with Crippen molar-refractivity contribution in [3.63, 3.8) is 0 Å². The molecule has 0 unspecified atom stereocenters. The van der Waals surface area contributed by atoms with E-state index in [0.29, 0.717) is 11.3 Å². The molecular weight excluding hydrogens is 272 g/mol. The van der Waals surface area contributed by atoms with E-state index in [2.05, 4.69) is 22.2 Å². The van der Waals surface area contributed by atoms with Gasteiger partial charge in [-0.05, 0) is 6.07 Å². The standard InChI is InChI=1S/C18H14N4/c19-15-12-20-22-17(14-9-5-2-6-10-14)11-16(21-18(15)22)13-7-3-1-4-8-13/h1-12H,19H2. The van der Waals surface area contributed by atoms with Gasteiger partial charge in [0.15, 0.2) is 5.65 Å². The minimum Gasteiger partial charge on any atom is -0.394 e. The number of anilines is 1. The lowest BCUT2D eigenvalue weighted by Crippen LogP contribution is -1.99. The molecule has 0 saturated carbocycles. The second-order valence-electron chi connectivity index (χ2n) is 5.09. The maximum Gasteiger partial charge on any atom is 0.179 e. The first-order valence-corrected chi connectivity index (χ1v) is 7.08. The monoisotopic (exact) mass is 286 g/mol. The Morgan fingerprint density at radius 3 is 2.14 bits per heavy atom. The lowest BCUT2D eigenvalue weighted by molar-refractivity contribution is 0.949. The maximum absolute atomic E-state index is 6.02. The zero-order valence-electron chi connectivity index (χ0n) is 11.8. The van der Waals surface area contributed by atoms with Crippen LogP contribution in [0.25, 0.3) is 28.2 Å². The molecule has 2 heterocycles. The van der Waals surface area contributed by atoms with E-state index in [4.69, 9.17) is 5.73 Å². The summed E-state index contributed by atoms with van der Waals surface area (Å²) in [4.78, 5) is 4.67. The normalized spacial score (nSPS) is 10.9. The fourth-order valence-electron chi connectivity index (χ4n) is 2.55. The van der Waals surface area contributed by atoms with Crippen LogP contribution in [0, 0.1) is 0 Å². The second-order valence-corrected chi connectivity index (χ2v) is 5.09. The number of hydrogen-bond donors (Lipinski definition) is 1. The molecular formula is C18H14N4. The number of nitrogen functional groups attached to an aromatic ring is 1. The summed E-state index contributed by atoms with van der Waals surface area (Å²) in [7, 11) is 0. The van der Waals surface area contributed by atoms with Crippen LogP contribution in [-0.2, 0) is 0 Å². The molecule has 0 aliphatic rings. The highest BCUT2D eigenvalue weighted by Gasteiger charge is 2.12. The van der Waals surface area contributed by atoms with E-state index >= 15 is 0 Å². The van der Waals surface area contributed by atoms with Gasteiger partial charge in [-0.15, -0.1) is 0 Å². The minimum absolute atomic E-state index is 0.579. The van der Waals surface area contributed by atoms with Crippen LogP contribution in [0.1, 0.15) is 0 Å². The van der Waals surface area contributed by atoms with Crippen molar-refractivity contribution in [2.24, 2.45) is 0 Å². The predicted octanol–water partition coefficient (Wildman–Crippen LogP) is 3.65. The Bertz CT molecular complexity index is 927. The molecule has 4 aromatic rings. The quantitative estimate of drug-likeness (QED) is 0.612. The van der Waals surface area contributed by atoms with Gasteiger partial charge in [0.1, 0.15) is 0 Å². The van der Waals surface area contributed by atoms with Crippen LogP contribution in [0.4, 0.5) is 5.69 Å². The second kappa shape index (κ2) is 5.00. The molecule has 106 valence electrons. The highest BCUT2D eigenvalue weighted by atomic mass is 15.3. The van der Waals surface area contributed by atoms with Gasteiger partial charge < -0.3 is 5.73 Å². The molecule has 0 saturated heterocycles. The average Bonchev–Trinajstić information content (AvgIpc) is 2.97. The first kappa shape index (κ1) is 12.6. The fourth-order valence-corrected chi connectivity index (χ4v) is 2.55. The Balaban J connectivity index is 2.03. The Labute approximate surface area is 127 Å². The summed E-state index contributed by atoms with van der Waals surface area (Å²) < 4.78 is 1.79. The van der Waals surface area contributed by atoms with Crippen LogP contribution in [0.2, 0.25) is 0 Å². The number of nitrogens with two attached hydrogens (primary N) is 1. The Morgan fingerprint density at radius 1 is 0.818 bits per heavy atom. The number of hydrogen-bond acceptors (Lipinski definition) is 3. The molecule has 0 aliphatic carbocycles. The van der Waals surface area contributed by atoms with Gasteiger partial charge in [0, 0.05) is 11.1 Å². The lowest BCUT2D eigenvalue weighted by Gasteiger charge is -2.09. The van der Waals surface area contributed by atoms with E-state index in [1.807, 2.05) is 54.6 Å². The van der Waals surface area contributed by atoms with Crippen molar-refractivity contribution >= 4 is 11.3 Å². The number of fused-ring (bicyclic) bond motifs is 1. The fraction of sp³-hybridized carbons (Fsp3) is 0. The summed E-state index contributed by atoms with van der Waals surface area (Å²) in [5.74, 6) is 0. The molecule has 0 radical (unpaired) electrons. The number of aromatic nitrogens is 3. The first-order valence-electron chi connectivity index (χ1n) is 7.08. The topological polar surface area (TPSA) is 56.2 Å². The molecule has 2 aromatic heterocycles. The summed E-state index contributed by atoms with van der Waals surface area (Å²) in [6, 6.07) is 22.3. The van der Waals surface area contributed by atoms with Crippen molar-refractivity contribution in [3.8, 4) is 22.5 Å². The van der Waals surface area contributed by atoms with Crippen molar-refractivity contribution < 1.29 is 0 Å². The van der Waals surface area contributed by atoms with Crippen LogP contribution in [0.3, 0.4) is 0 Å². The summed E-state index contributed by atoms with van der Waals surface area (Å²) in [5.41, 5.74) is 11.3. The molecule has 0 atom stereocenters. The summed E-state index contributed by atoms with van der Waals surface area (Å²) in [6.07, 6.45) is 1.64. The van der Waals surface area contributed by atoms with Crippen molar-refractivity contribution in [1.29, 1.82) is 0 Å². The van der Waals surface area contributed by atoms with Crippen molar-refractivity contribution in [2.75, 3.05) is 5.73 Å².